The van der Waals surface area contributed by atoms with Gasteiger partial charge in [-0.3, -0.25) is 9.59 Å². The second-order valence-electron chi connectivity index (χ2n) is 6.76. The molecule has 3 aromatic rings. The Morgan fingerprint density at radius 3 is 2.45 bits per heavy atom. The van der Waals surface area contributed by atoms with Crippen LogP contribution in [0.1, 0.15) is 27.8 Å². The molecule has 0 unspecified atom stereocenters. The number of carbonyl (C=O) groups excluding carboxylic acids is 2. The number of rotatable bonds is 5. The van der Waals surface area contributed by atoms with Gasteiger partial charge in [0.1, 0.15) is 5.82 Å². The van der Waals surface area contributed by atoms with Crippen LogP contribution in [0.15, 0.2) is 59.3 Å². The summed E-state index contributed by atoms with van der Waals surface area (Å²) in [4.78, 5) is 36.5. The summed E-state index contributed by atoms with van der Waals surface area (Å²) < 4.78 is 5.20. The summed E-state index contributed by atoms with van der Waals surface area (Å²) in [5, 5.41) is 3.23. The maximum absolute atomic E-state index is 12.4. The zero-order valence-electron chi connectivity index (χ0n) is 16.0. The van der Waals surface area contributed by atoms with Gasteiger partial charge < -0.3 is 19.5 Å². The lowest BCUT2D eigenvalue weighted by atomic mass is 10.1. The van der Waals surface area contributed by atoms with Crippen LogP contribution in [0.3, 0.4) is 0 Å². The van der Waals surface area contributed by atoms with E-state index in [1.54, 1.807) is 48.4 Å². The lowest BCUT2D eigenvalue weighted by Crippen LogP contribution is -2.49. The van der Waals surface area contributed by atoms with Crippen molar-refractivity contribution < 1.29 is 14.0 Å². The average Bonchev–Trinajstić information content (AvgIpc) is 3.29. The number of Topliss-reactive ketones (excluding diaryl/α,β-unsaturated/α-hetero) is 1. The number of nitrogens with zero attached hydrogens (tertiary/aromatic N) is 4. The molecule has 148 valence electrons. The number of aromatic nitrogens is 2. The number of piperazine rings is 1. The molecule has 4 rings (SSSR count). The normalized spacial score (nSPS) is 14.0. The number of anilines is 3. The number of benzene rings is 1. The second kappa shape index (κ2) is 8.14. The minimum Gasteiger partial charge on any atom is -0.459 e. The Morgan fingerprint density at radius 1 is 1.03 bits per heavy atom. The van der Waals surface area contributed by atoms with Crippen molar-refractivity contribution in [2.45, 2.75) is 6.92 Å². The van der Waals surface area contributed by atoms with E-state index in [0.717, 1.165) is 5.69 Å². The number of ketones is 1. The highest BCUT2D eigenvalue weighted by Crippen LogP contribution is 2.19. The lowest BCUT2D eigenvalue weighted by Gasteiger charge is -2.34. The molecule has 1 saturated heterocycles. The zero-order valence-corrected chi connectivity index (χ0v) is 16.0. The second-order valence-corrected chi connectivity index (χ2v) is 6.76. The van der Waals surface area contributed by atoms with Crippen LogP contribution in [-0.4, -0.2) is 52.7 Å². The molecule has 1 aromatic carbocycles. The van der Waals surface area contributed by atoms with Crippen molar-refractivity contribution in [2.75, 3.05) is 36.4 Å². The molecule has 1 amide bonds. The van der Waals surface area contributed by atoms with Crippen LogP contribution in [0, 0.1) is 0 Å². The molecule has 0 saturated carbocycles. The molecule has 0 spiro atoms. The number of amides is 1. The highest BCUT2D eigenvalue weighted by molar-refractivity contribution is 5.94. The molecule has 8 heteroatoms. The van der Waals surface area contributed by atoms with Gasteiger partial charge in [0, 0.05) is 43.6 Å². The molecule has 1 fully saturated rings. The van der Waals surface area contributed by atoms with E-state index in [1.165, 1.54) is 6.26 Å². The van der Waals surface area contributed by atoms with E-state index < -0.39 is 0 Å². The molecule has 1 N–H and O–H groups in total. The van der Waals surface area contributed by atoms with Gasteiger partial charge in [-0.1, -0.05) is 0 Å². The van der Waals surface area contributed by atoms with Crippen LogP contribution in [0.5, 0.6) is 0 Å². The molecule has 0 bridgehead atoms. The van der Waals surface area contributed by atoms with Crippen molar-refractivity contribution in [3.05, 3.63) is 66.2 Å². The van der Waals surface area contributed by atoms with E-state index in [0.29, 0.717) is 49.3 Å². The Morgan fingerprint density at radius 2 is 1.79 bits per heavy atom. The molecule has 0 radical (unpaired) electrons. The van der Waals surface area contributed by atoms with E-state index >= 15 is 0 Å². The smallest absolute Gasteiger partial charge is 0.289 e. The molecule has 3 heterocycles. The molecule has 1 aliphatic rings. The van der Waals surface area contributed by atoms with Gasteiger partial charge in [-0.2, -0.15) is 4.98 Å². The average molecular weight is 391 g/mol. The lowest BCUT2D eigenvalue weighted by molar-refractivity contribution is 0.0714. The van der Waals surface area contributed by atoms with E-state index in [1.807, 2.05) is 12.1 Å². The van der Waals surface area contributed by atoms with E-state index in [-0.39, 0.29) is 11.7 Å². The van der Waals surface area contributed by atoms with E-state index in [4.69, 9.17) is 4.42 Å². The van der Waals surface area contributed by atoms with Crippen LogP contribution in [0.2, 0.25) is 0 Å². The summed E-state index contributed by atoms with van der Waals surface area (Å²) in [5.74, 6) is 1.57. The summed E-state index contributed by atoms with van der Waals surface area (Å²) in [5.41, 5.74) is 1.51. The molecule has 8 nitrogen and oxygen atoms in total. The summed E-state index contributed by atoms with van der Waals surface area (Å²) in [6.45, 7) is 3.98. The van der Waals surface area contributed by atoms with Gasteiger partial charge >= 0.3 is 0 Å². The zero-order chi connectivity index (χ0) is 20.2. The molecule has 29 heavy (non-hydrogen) atoms. The number of carbonyl (C=O) groups is 2. The van der Waals surface area contributed by atoms with Crippen LogP contribution >= 0.6 is 0 Å². The summed E-state index contributed by atoms with van der Waals surface area (Å²) in [7, 11) is 0. The first kappa shape index (κ1) is 18.7. The van der Waals surface area contributed by atoms with Crippen molar-refractivity contribution in [1.82, 2.24) is 14.9 Å². The van der Waals surface area contributed by atoms with Gasteiger partial charge in [0.15, 0.2) is 11.5 Å². The van der Waals surface area contributed by atoms with Crippen molar-refractivity contribution in [1.29, 1.82) is 0 Å². The molecule has 0 aliphatic carbocycles. The maximum atomic E-state index is 12.4. The Labute approximate surface area is 168 Å². The Hall–Kier alpha value is -3.68. The highest BCUT2D eigenvalue weighted by atomic mass is 16.3. The highest BCUT2D eigenvalue weighted by Gasteiger charge is 2.24. The number of nitrogens with one attached hydrogen (secondary N) is 1. The predicted molar refractivity (Wildman–Crippen MR) is 109 cm³/mol. The molecule has 0 atom stereocenters. The van der Waals surface area contributed by atoms with Crippen LogP contribution in [-0.2, 0) is 0 Å². The van der Waals surface area contributed by atoms with Crippen LogP contribution in [0.25, 0.3) is 0 Å². The van der Waals surface area contributed by atoms with Crippen molar-refractivity contribution >= 4 is 29.1 Å². The third-order valence-electron chi connectivity index (χ3n) is 4.79. The first-order chi connectivity index (χ1) is 14.1. The van der Waals surface area contributed by atoms with Crippen LogP contribution in [0.4, 0.5) is 17.5 Å². The summed E-state index contributed by atoms with van der Waals surface area (Å²) in [6, 6.07) is 12.4. The standard InChI is InChI=1S/C21H21N5O3/c1-15(27)16-4-6-17(7-5-16)23-19-8-9-22-21(24-19)26-12-10-25(11-13-26)20(28)18-3-2-14-29-18/h2-9,14H,10-13H2,1H3,(H,22,23,24). The van der Waals surface area contributed by atoms with Gasteiger partial charge in [0.2, 0.25) is 5.95 Å². The summed E-state index contributed by atoms with van der Waals surface area (Å²) in [6.07, 6.45) is 3.21. The van der Waals surface area contributed by atoms with Gasteiger partial charge in [0.05, 0.1) is 6.26 Å². The first-order valence-corrected chi connectivity index (χ1v) is 9.39. The number of hydrogen-bond acceptors (Lipinski definition) is 7. The minimum absolute atomic E-state index is 0.0329. The van der Waals surface area contributed by atoms with Crippen molar-refractivity contribution in [3.63, 3.8) is 0 Å². The fourth-order valence-corrected chi connectivity index (χ4v) is 3.17. The van der Waals surface area contributed by atoms with Crippen molar-refractivity contribution in [2.24, 2.45) is 0 Å². The summed E-state index contributed by atoms with van der Waals surface area (Å²) >= 11 is 0. The molecular formula is C21H21N5O3. The van der Waals surface area contributed by atoms with Gasteiger partial charge in [-0.05, 0) is 49.4 Å². The predicted octanol–water partition coefficient (Wildman–Crippen LogP) is 2.98. The number of hydrogen-bond donors (Lipinski definition) is 1. The quantitative estimate of drug-likeness (QED) is 0.669. The van der Waals surface area contributed by atoms with E-state index in [2.05, 4.69) is 20.2 Å². The minimum atomic E-state index is -0.0972. The van der Waals surface area contributed by atoms with E-state index in [9.17, 15) is 9.59 Å². The third kappa shape index (κ3) is 4.26. The Kier molecular flexibility index (Phi) is 5.24. The van der Waals surface area contributed by atoms with Crippen molar-refractivity contribution in [3.8, 4) is 0 Å². The Balaban J connectivity index is 1.39. The van der Waals surface area contributed by atoms with Gasteiger partial charge in [-0.15, -0.1) is 0 Å². The van der Waals surface area contributed by atoms with Crippen LogP contribution < -0.4 is 10.2 Å². The third-order valence-corrected chi connectivity index (χ3v) is 4.79. The molecule has 2 aromatic heterocycles. The monoisotopic (exact) mass is 391 g/mol. The van der Waals surface area contributed by atoms with Gasteiger partial charge in [-0.25, -0.2) is 4.98 Å². The first-order valence-electron chi connectivity index (χ1n) is 9.39. The molecular weight excluding hydrogens is 370 g/mol. The fraction of sp³-hybridized carbons (Fsp3) is 0.238. The fourth-order valence-electron chi connectivity index (χ4n) is 3.17. The maximum Gasteiger partial charge on any atom is 0.289 e. The number of furan rings is 1. The molecule has 1 aliphatic heterocycles. The Bertz CT molecular complexity index is 993. The largest absolute Gasteiger partial charge is 0.459 e. The topological polar surface area (TPSA) is 91.6 Å². The van der Waals surface area contributed by atoms with Gasteiger partial charge in [0.25, 0.3) is 5.91 Å². The SMILES string of the molecule is CC(=O)c1ccc(Nc2ccnc(N3CCN(C(=O)c4ccco4)CC3)n2)cc1.